The van der Waals surface area contributed by atoms with Gasteiger partial charge in [0.15, 0.2) is 0 Å². The van der Waals surface area contributed by atoms with Crippen LogP contribution in [0.15, 0.2) is 29.8 Å². The molecule has 0 atom stereocenters. The van der Waals surface area contributed by atoms with E-state index in [1.807, 2.05) is 37.3 Å². The van der Waals surface area contributed by atoms with E-state index in [1.165, 1.54) is 13.8 Å². The molecule has 19 heavy (non-hydrogen) atoms. The van der Waals surface area contributed by atoms with Gasteiger partial charge in [-0.3, -0.25) is 9.59 Å². The Morgan fingerprint density at radius 2 is 1.47 bits per heavy atom. The minimum absolute atomic E-state index is 0.497. The van der Waals surface area contributed by atoms with Gasteiger partial charge in [0.05, 0.1) is 0 Å². The smallest absolute Gasteiger partial charge is 0.305 e. The maximum absolute atomic E-state index is 11.0. The van der Waals surface area contributed by atoms with Crippen LogP contribution in [0, 0.1) is 6.92 Å². The predicted octanol–water partition coefficient (Wildman–Crippen LogP) is 2.85. The van der Waals surface area contributed by atoms with Crippen LogP contribution < -0.4 is 0 Å². The van der Waals surface area contributed by atoms with E-state index in [2.05, 4.69) is 0 Å². The van der Waals surface area contributed by atoms with Crippen LogP contribution in [0.25, 0.3) is 6.08 Å². The van der Waals surface area contributed by atoms with Crippen molar-refractivity contribution in [1.82, 2.24) is 0 Å². The Labute approximate surface area is 113 Å². The highest BCUT2D eigenvalue weighted by Crippen LogP contribution is 2.14. The molecular weight excluding hydrogens is 244 g/mol. The maximum Gasteiger partial charge on any atom is 0.305 e. The van der Waals surface area contributed by atoms with Gasteiger partial charge < -0.3 is 9.47 Å². The third-order valence-electron chi connectivity index (χ3n) is 2.39. The fourth-order valence-electron chi connectivity index (χ4n) is 1.51. The van der Waals surface area contributed by atoms with Gasteiger partial charge in [0.1, 0.15) is 0 Å². The first-order valence-electron chi connectivity index (χ1n) is 5.98. The van der Waals surface area contributed by atoms with Crippen molar-refractivity contribution in [2.24, 2.45) is 0 Å². The summed E-state index contributed by atoms with van der Waals surface area (Å²) in [5.74, 6) is -0.995. The molecule has 0 unspecified atom stereocenters. The highest BCUT2D eigenvalue weighted by molar-refractivity contribution is 5.69. The topological polar surface area (TPSA) is 52.6 Å². The molecule has 0 bridgehead atoms. The largest absolute Gasteiger partial charge is 0.421 e. The second kappa shape index (κ2) is 6.73. The fourth-order valence-corrected chi connectivity index (χ4v) is 1.51. The van der Waals surface area contributed by atoms with E-state index in [0.717, 1.165) is 11.1 Å². The van der Waals surface area contributed by atoms with Crippen molar-refractivity contribution in [1.29, 1.82) is 0 Å². The van der Waals surface area contributed by atoms with E-state index < -0.39 is 18.2 Å². The molecule has 1 rings (SSSR count). The van der Waals surface area contributed by atoms with Gasteiger partial charge in [0.2, 0.25) is 0 Å². The number of carbonyl (C=O) groups excluding carboxylic acids is 2. The summed E-state index contributed by atoms with van der Waals surface area (Å²) in [6, 6.07) is 7.84. The van der Waals surface area contributed by atoms with Gasteiger partial charge in [-0.15, -0.1) is 0 Å². The molecule has 0 aliphatic heterocycles. The summed E-state index contributed by atoms with van der Waals surface area (Å²) < 4.78 is 9.94. The van der Waals surface area contributed by atoms with Crippen molar-refractivity contribution in [3.63, 3.8) is 0 Å². The Bertz CT molecular complexity index is 469. The molecule has 0 radical (unpaired) electrons. The maximum atomic E-state index is 11.0. The summed E-state index contributed by atoms with van der Waals surface area (Å²) in [6.45, 7) is 6.29. The number of carbonyl (C=O) groups is 2. The number of ether oxygens (including phenoxy) is 2. The average molecular weight is 262 g/mol. The molecule has 102 valence electrons. The molecule has 0 N–H and O–H groups in total. The molecule has 0 aromatic heterocycles. The van der Waals surface area contributed by atoms with Crippen molar-refractivity contribution in [2.45, 2.75) is 34.0 Å². The molecule has 0 aliphatic rings. The Kier molecular flexibility index (Phi) is 5.30. The molecule has 1 aromatic carbocycles. The second-order valence-corrected chi connectivity index (χ2v) is 4.35. The van der Waals surface area contributed by atoms with Crippen molar-refractivity contribution in [3.05, 3.63) is 41.0 Å². The Morgan fingerprint density at radius 3 is 1.89 bits per heavy atom. The standard InChI is InChI=1S/C15H18O4/c1-10-5-7-14(8-6-10)9-11(2)15(18-12(3)16)19-13(4)17/h5-9,15H,1-4H3/b11-9+. The lowest BCUT2D eigenvalue weighted by atomic mass is 10.1. The van der Waals surface area contributed by atoms with E-state index in [-0.39, 0.29) is 0 Å². The van der Waals surface area contributed by atoms with Gasteiger partial charge in [-0.1, -0.05) is 29.8 Å². The lowest BCUT2D eigenvalue weighted by Gasteiger charge is -2.17. The molecule has 1 aromatic rings. The first-order chi connectivity index (χ1) is 8.88. The van der Waals surface area contributed by atoms with Crippen LogP contribution in [0.5, 0.6) is 0 Å². The Balaban J connectivity index is 2.90. The number of hydrogen-bond donors (Lipinski definition) is 0. The SMILES string of the molecule is CC(=O)OC(OC(C)=O)/C(C)=C/c1ccc(C)cc1. The summed E-state index contributed by atoms with van der Waals surface area (Å²) in [7, 11) is 0. The monoisotopic (exact) mass is 262 g/mol. The van der Waals surface area contributed by atoms with Crippen LogP contribution in [0.3, 0.4) is 0 Å². The molecule has 0 saturated carbocycles. The lowest BCUT2D eigenvalue weighted by molar-refractivity contribution is -0.177. The van der Waals surface area contributed by atoms with Gasteiger partial charge in [0.25, 0.3) is 6.29 Å². The highest BCUT2D eigenvalue weighted by Gasteiger charge is 2.17. The first-order valence-corrected chi connectivity index (χ1v) is 5.98. The van der Waals surface area contributed by atoms with Crippen molar-refractivity contribution < 1.29 is 19.1 Å². The van der Waals surface area contributed by atoms with Gasteiger partial charge in [-0.2, -0.15) is 0 Å². The molecule has 0 heterocycles. The van der Waals surface area contributed by atoms with Crippen molar-refractivity contribution in [3.8, 4) is 0 Å². The number of rotatable bonds is 4. The van der Waals surface area contributed by atoms with Crippen molar-refractivity contribution >= 4 is 18.0 Å². The zero-order valence-corrected chi connectivity index (χ0v) is 11.6. The molecule has 0 saturated heterocycles. The second-order valence-electron chi connectivity index (χ2n) is 4.35. The summed E-state index contributed by atoms with van der Waals surface area (Å²) in [5, 5.41) is 0. The third-order valence-corrected chi connectivity index (χ3v) is 2.39. The van der Waals surface area contributed by atoms with Crippen LogP contribution >= 0.6 is 0 Å². The molecular formula is C15H18O4. The fraction of sp³-hybridized carbons (Fsp3) is 0.333. The van der Waals surface area contributed by atoms with Crippen LogP contribution in [0.1, 0.15) is 31.9 Å². The summed E-state index contributed by atoms with van der Waals surface area (Å²) in [4.78, 5) is 22.0. The van der Waals surface area contributed by atoms with E-state index >= 15 is 0 Å². The van der Waals surface area contributed by atoms with Crippen molar-refractivity contribution in [2.75, 3.05) is 0 Å². The summed E-state index contributed by atoms with van der Waals surface area (Å²) >= 11 is 0. The zero-order chi connectivity index (χ0) is 14.4. The first kappa shape index (κ1) is 15.0. The van der Waals surface area contributed by atoms with Gasteiger partial charge in [-0.05, 0) is 25.5 Å². The number of aryl methyl sites for hydroxylation is 1. The van der Waals surface area contributed by atoms with Gasteiger partial charge >= 0.3 is 11.9 Å². The third kappa shape index (κ3) is 5.38. The Hall–Kier alpha value is -2.10. The van der Waals surface area contributed by atoms with Gasteiger partial charge in [0, 0.05) is 19.4 Å². The normalized spacial score (nSPS) is 11.3. The summed E-state index contributed by atoms with van der Waals surface area (Å²) in [5.41, 5.74) is 2.76. The molecule has 0 amide bonds. The van der Waals surface area contributed by atoms with E-state index in [9.17, 15) is 9.59 Å². The Morgan fingerprint density at radius 1 is 1.00 bits per heavy atom. The van der Waals surface area contributed by atoms with Crippen LogP contribution in [0.4, 0.5) is 0 Å². The van der Waals surface area contributed by atoms with Crippen LogP contribution in [0.2, 0.25) is 0 Å². The number of benzene rings is 1. The molecule has 0 fully saturated rings. The highest BCUT2D eigenvalue weighted by atomic mass is 16.7. The number of esters is 2. The number of hydrogen-bond acceptors (Lipinski definition) is 4. The van der Waals surface area contributed by atoms with E-state index in [4.69, 9.17) is 9.47 Å². The molecule has 4 heteroatoms. The van der Waals surface area contributed by atoms with Crippen LogP contribution in [-0.4, -0.2) is 18.2 Å². The minimum Gasteiger partial charge on any atom is -0.421 e. The average Bonchev–Trinajstić information content (AvgIpc) is 2.30. The van der Waals surface area contributed by atoms with E-state index in [0.29, 0.717) is 5.57 Å². The quantitative estimate of drug-likeness (QED) is 0.618. The molecule has 0 aliphatic carbocycles. The molecule has 4 nitrogen and oxygen atoms in total. The predicted molar refractivity (Wildman–Crippen MR) is 72.2 cm³/mol. The minimum atomic E-state index is -0.976. The van der Waals surface area contributed by atoms with Crippen LogP contribution in [-0.2, 0) is 19.1 Å². The zero-order valence-electron chi connectivity index (χ0n) is 11.6. The molecule has 0 spiro atoms. The van der Waals surface area contributed by atoms with Gasteiger partial charge in [-0.25, -0.2) is 0 Å². The summed E-state index contributed by atoms with van der Waals surface area (Å²) in [6.07, 6.45) is 0.840. The lowest BCUT2D eigenvalue weighted by Crippen LogP contribution is -2.23. The van der Waals surface area contributed by atoms with E-state index in [1.54, 1.807) is 6.92 Å².